The van der Waals surface area contributed by atoms with Gasteiger partial charge < -0.3 is 24.7 Å². The monoisotopic (exact) mass is 597 g/mol. The Balaban J connectivity index is 0.997. The third kappa shape index (κ3) is 7.16. The number of hydrogen-bond donors (Lipinski definition) is 2. The third-order valence-electron chi connectivity index (χ3n) is 8.80. The number of rotatable bonds is 13. The minimum absolute atomic E-state index is 0.658. The lowest BCUT2D eigenvalue weighted by atomic mass is 10.0. The molecule has 226 valence electrons. The summed E-state index contributed by atoms with van der Waals surface area (Å²) in [5, 5.41) is 0. The first-order valence-corrected chi connectivity index (χ1v) is 16.4. The number of anilines is 2. The molecule has 8 heteroatoms. The SMILES string of the molecule is CCN(CCCl)c1ccc(CCCCCCc2nc3ccc(-c4nc5ccc(N6CCN(C)CC6)cc5[nH]4)cc3[nH]2)cc1. The van der Waals surface area contributed by atoms with Gasteiger partial charge in [-0.1, -0.05) is 25.0 Å². The lowest BCUT2D eigenvalue weighted by Gasteiger charge is -2.34. The van der Waals surface area contributed by atoms with E-state index in [0.717, 1.165) is 97.8 Å². The number of fused-ring (bicyclic) bond motifs is 2. The zero-order chi connectivity index (χ0) is 29.6. The van der Waals surface area contributed by atoms with Gasteiger partial charge in [0, 0.05) is 68.5 Å². The van der Waals surface area contributed by atoms with E-state index in [1.807, 2.05) is 0 Å². The largest absolute Gasteiger partial charge is 0.371 e. The van der Waals surface area contributed by atoms with Crippen molar-refractivity contribution in [2.24, 2.45) is 0 Å². The summed E-state index contributed by atoms with van der Waals surface area (Å²) in [4.78, 5) is 24.0. The van der Waals surface area contributed by atoms with E-state index in [9.17, 15) is 0 Å². The van der Waals surface area contributed by atoms with Crippen LogP contribution in [0.15, 0.2) is 60.7 Å². The van der Waals surface area contributed by atoms with Crippen LogP contribution in [0.3, 0.4) is 0 Å². The molecule has 1 fully saturated rings. The number of likely N-dealkylation sites (N-methyl/N-ethyl adjacent to an activating group) is 1. The van der Waals surface area contributed by atoms with E-state index in [4.69, 9.17) is 21.6 Å². The summed E-state index contributed by atoms with van der Waals surface area (Å²) in [6.07, 6.45) is 6.93. The Kier molecular flexibility index (Phi) is 9.49. The molecule has 0 spiro atoms. The Morgan fingerprint density at radius 2 is 1.51 bits per heavy atom. The van der Waals surface area contributed by atoms with Crippen molar-refractivity contribution in [2.45, 2.75) is 45.4 Å². The second kappa shape index (κ2) is 13.8. The first-order valence-electron chi connectivity index (χ1n) is 15.9. The van der Waals surface area contributed by atoms with Gasteiger partial charge in [0.15, 0.2) is 0 Å². The molecule has 3 heterocycles. The molecule has 7 nitrogen and oxygen atoms in total. The number of H-pyrrole nitrogens is 2. The van der Waals surface area contributed by atoms with Crippen LogP contribution in [0, 0.1) is 0 Å². The van der Waals surface area contributed by atoms with Gasteiger partial charge in [-0.15, -0.1) is 11.6 Å². The molecule has 0 aliphatic carbocycles. The van der Waals surface area contributed by atoms with E-state index in [1.165, 1.54) is 36.2 Å². The lowest BCUT2D eigenvalue weighted by molar-refractivity contribution is 0.313. The maximum atomic E-state index is 5.94. The Morgan fingerprint density at radius 3 is 2.28 bits per heavy atom. The number of piperazine rings is 1. The minimum atomic E-state index is 0.658. The molecule has 2 aromatic heterocycles. The van der Waals surface area contributed by atoms with E-state index in [1.54, 1.807) is 0 Å². The first-order chi connectivity index (χ1) is 21.1. The quantitative estimate of drug-likeness (QED) is 0.110. The average Bonchev–Trinajstić information content (AvgIpc) is 3.65. The number of nitrogens with one attached hydrogen (secondary N) is 2. The molecule has 1 aliphatic rings. The number of unbranched alkanes of at least 4 members (excludes halogenated alkanes) is 3. The highest BCUT2D eigenvalue weighted by Gasteiger charge is 2.16. The van der Waals surface area contributed by atoms with Crippen LogP contribution < -0.4 is 9.80 Å². The fourth-order valence-electron chi connectivity index (χ4n) is 6.14. The highest BCUT2D eigenvalue weighted by atomic mass is 35.5. The molecule has 0 bridgehead atoms. The minimum Gasteiger partial charge on any atom is -0.371 e. The van der Waals surface area contributed by atoms with Crippen LogP contribution in [0.2, 0.25) is 0 Å². The fraction of sp³-hybridized carbons (Fsp3) is 0.429. The van der Waals surface area contributed by atoms with E-state index in [0.29, 0.717) is 5.88 Å². The number of aromatic amines is 2. The van der Waals surface area contributed by atoms with E-state index < -0.39 is 0 Å². The lowest BCUT2D eigenvalue weighted by Crippen LogP contribution is -2.44. The average molecular weight is 598 g/mol. The summed E-state index contributed by atoms with van der Waals surface area (Å²) < 4.78 is 0. The number of nitrogens with zero attached hydrogens (tertiary/aromatic N) is 5. The highest BCUT2D eigenvalue weighted by molar-refractivity contribution is 6.18. The van der Waals surface area contributed by atoms with Crippen molar-refractivity contribution in [1.29, 1.82) is 0 Å². The number of aromatic nitrogens is 4. The Labute approximate surface area is 260 Å². The van der Waals surface area contributed by atoms with Crippen LogP contribution in [-0.2, 0) is 12.8 Å². The summed E-state index contributed by atoms with van der Waals surface area (Å²) in [7, 11) is 2.19. The van der Waals surface area contributed by atoms with E-state index in [-0.39, 0.29) is 0 Å². The first kappa shape index (κ1) is 29.5. The molecule has 0 unspecified atom stereocenters. The predicted molar refractivity (Wildman–Crippen MR) is 182 cm³/mol. The zero-order valence-electron chi connectivity index (χ0n) is 25.6. The molecular formula is C35H44ClN7. The van der Waals surface area contributed by atoms with Crippen molar-refractivity contribution >= 4 is 45.0 Å². The molecule has 3 aromatic carbocycles. The second-order valence-electron chi connectivity index (χ2n) is 11.8. The molecule has 43 heavy (non-hydrogen) atoms. The van der Waals surface area contributed by atoms with Gasteiger partial charge in [-0.25, -0.2) is 9.97 Å². The van der Waals surface area contributed by atoms with Crippen LogP contribution in [0.5, 0.6) is 0 Å². The van der Waals surface area contributed by atoms with Crippen molar-refractivity contribution in [1.82, 2.24) is 24.8 Å². The summed E-state index contributed by atoms with van der Waals surface area (Å²) in [6.45, 7) is 8.37. The number of hydrogen-bond acceptors (Lipinski definition) is 5. The van der Waals surface area contributed by atoms with Crippen molar-refractivity contribution in [3.8, 4) is 11.4 Å². The number of halogens is 1. The Hall–Kier alpha value is -3.55. The topological polar surface area (TPSA) is 67.1 Å². The van der Waals surface area contributed by atoms with Gasteiger partial charge in [0.05, 0.1) is 22.1 Å². The van der Waals surface area contributed by atoms with Gasteiger partial charge in [0.2, 0.25) is 0 Å². The number of alkyl halides is 1. The van der Waals surface area contributed by atoms with Crippen LogP contribution >= 0.6 is 11.6 Å². The van der Waals surface area contributed by atoms with Gasteiger partial charge >= 0.3 is 0 Å². The zero-order valence-corrected chi connectivity index (χ0v) is 26.3. The Bertz CT molecular complexity index is 1610. The highest BCUT2D eigenvalue weighted by Crippen LogP contribution is 2.27. The van der Waals surface area contributed by atoms with E-state index in [2.05, 4.69) is 99.3 Å². The number of aryl methyl sites for hydroxylation is 2. The van der Waals surface area contributed by atoms with Crippen LogP contribution in [0.25, 0.3) is 33.5 Å². The second-order valence-corrected chi connectivity index (χ2v) is 12.2. The molecule has 5 aromatic rings. The summed E-state index contributed by atoms with van der Waals surface area (Å²) >= 11 is 5.94. The van der Waals surface area contributed by atoms with Crippen LogP contribution in [0.1, 0.15) is 44.0 Å². The molecule has 0 amide bonds. The number of imidazole rings is 2. The maximum absolute atomic E-state index is 5.94. The molecule has 0 saturated carbocycles. The van der Waals surface area contributed by atoms with Gasteiger partial charge in [0.25, 0.3) is 0 Å². The molecule has 0 radical (unpaired) electrons. The summed E-state index contributed by atoms with van der Waals surface area (Å²) in [5.41, 5.74) is 9.19. The third-order valence-corrected chi connectivity index (χ3v) is 8.97. The van der Waals surface area contributed by atoms with Gasteiger partial charge in [-0.2, -0.15) is 0 Å². The van der Waals surface area contributed by atoms with Gasteiger partial charge in [-0.05, 0) is 87.3 Å². The summed E-state index contributed by atoms with van der Waals surface area (Å²) in [5.74, 6) is 2.63. The molecule has 6 rings (SSSR count). The molecule has 1 aliphatic heterocycles. The van der Waals surface area contributed by atoms with Crippen molar-refractivity contribution in [2.75, 3.05) is 62.0 Å². The maximum Gasteiger partial charge on any atom is 0.138 e. The smallest absolute Gasteiger partial charge is 0.138 e. The van der Waals surface area contributed by atoms with Gasteiger partial charge in [0.1, 0.15) is 11.6 Å². The van der Waals surface area contributed by atoms with Crippen molar-refractivity contribution in [3.63, 3.8) is 0 Å². The molecule has 1 saturated heterocycles. The van der Waals surface area contributed by atoms with Crippen molar-refractivity contribution < 1.29 is 0 Å². The molecule has 0 atom stereocenters. The fourth-order valence-corrected chi connectivity index (χ4v) is 6.35. The predicted octanol–water partition coefficient (Wildman–Crippen LogP) is 7.27. The summed E-state index contributed by atoms with van der Waals surface area (Å²) in [6, 6.07) is 22.0. The van der Waals surface area contributed by atoms with E-state index >= 15 is 0 Å². The number of benzene rings is 3. The normalized spacial score (nSPS) is 14.3. The van der Waals surface area contributed by atoms with Crippen LogP contribution in [-0.4, -0.2) is 77.0 Å². The van der Waals surface area contributed by atoms with Crippen molar-refractivity contribution in [3.05, 3.63) is 72.1 Å². The standard InChI is InChI=1S/C35H44ClN7/c1-3-42(19-18-36)28-13-10-26(11-14-28)8-6-4-5-7-9-34-37-30-16-12-27(24-32(30)38-34)35-39-31-17-15-29(25-33(31)40-35)43-22-20-41(2)21-23-43/h10-17,24-25H,3-9,18-23H2,1-2H3,(H,37,38)(H,39,40). The molecular weight excluding hydrogens is 554 g/mol. The molecule has 2 N–H and O–H groups in total. The van der Waals surface area contributed by atoms with Gasteiger partial charge in [-0.3, -0.25) is 0 Å². The van der Waals surface area contributed by atoms with Crippen LogP contribution in [0.4, 0.5) is 11.4 Å². The Morgan fingerprint density at radius 1 is 0.791 bits per heavy atom.